The van der Waals surface area contributed by atoms with Crippen molar-refractivity contribution in [1.29, 1.82) is 0 Å². The molecule has 0 saturated carbocycles. The van der Waals surface area contributed by atoms with Crippen molar-refractivity contribution in [2.45, 2.75) is 6.92 Å². The van der Waals surface area contributed by atoms with Gasteiger partial charge in [0, 0.05) is 12.1 Å². The van der Waals surface area contributed by atoms with Gasteiger partial charge in [-0.25, -0.2) is 4.98 Å². The molecule has 0 amide bonds. The predicted octanol–water partition coefficient (Wildman–Crippen LogP) is 4.85. The van der Waals surface area contributed by atoms with Gasteiger partial charge in [0.1, 0.15) is 5.82 Å². The van der Waals surface area contributed by atoms with Crippen LogP contribution in [0.5, 0.6) is 0 Å². The molecule has 1 aromatic heterocycles. The van der Waals surface area contributed by atoms with Crippen LogP contribution >= 0.6 is 0 Å². The SMILES string of the molecule is CCNc1cccc(-c2ccc(-c3ccccc3)cc2)n1. The summed E-state index contributed by atoms with van der Waals surface area (Å²) in [5.41, 5.74) is 4.59. The summed E-state index contributed by atoms with van der Waals surface area (Å²) in [5, 5.41) is 3.24. The van der Waals surface area contributed by atoms with Crippen LogP contribution in [0.3, 0.4) is 0 Å². The van der Waals surface area contributed by atoms with E-state index in [4.69, 9.17) is 0 Å². The number of benzene rings is 2. The number of hydrogen-bond donors (Lipinski definition) is 1. The van der Waals surface area contributed by atoms with Gasteiger partial charge >= 0.3 is 0 Å². The topological polar surface area (TPSA) is 24.9 Å². The van der Waals surface area contributed by atoms with Crippen molar-refractivity contribution in [3.63, 3.8) is 0 Å². The maximum Gasteiger partial charge on any atom is 0.126 e. The number of hydrogen-bond acceptors (Lipinski definition) is 2. The first-order valence-corrected chi connectivity index (χ1v) is 7.23. The first-order chi connectivity index (χ1) is 10.4. The molecule has 0 saturated heterocycles. The molecule has 0 aliphatic rings. The lowest BCUT2D eigenvalue weighted by atomic mass is 10.0. The molecule has 0 bridgehead atoms. The van der Waals surface area contributed by atoms with Gasteiger partial charge in [0.05, 0.1) is 5.69 Å². The van der Waals surface area contributed by atoms with Crippen molar-refractivity contribution < 1.29 is 0 Å². The van der Waals surface area contributed by atoms with Gasteiger partial charge in [0.2, 0.25) is 0 Å². The second-order valence-electron chi connectivity index (χ2n) is 4.88. The van der Waals surface area contributed by atoms with Crippen molar-refractivity contribution in [3.8, 4) is 22.4 Å². The minimum Gasteiger partial charge on any atom is -0.370 e. The van der Waals surface area contributed by atoms with Gasteiger partial charge in [-0.15, -0.1) is 0 Å². The Morgan fingerprint density at radius 3 is 2.10 bits per heavy atom. The predicted molar refractivity (Wildman–Crippen MR) is 89.3 cm³/mol. The smallest absolute Gasteiger partial charge is 0.126 e. The fraction of sp³-hybridized carbons (Fsp3) is 0.105. The van der Waals surface area contributed by atoms with E-state index in [9.17, 15) is 0 Å². The lowest BCUT2D eigenvalue weighted by Gasteiger charge is -2.07. The van der Waals surface area contributed by atoms with Crippen LogP contribution in [0.2, 0.25) is 0 Å². The Morgan fingerprint density at radius 2 is 1.38 bits per heavy atom. The Morgan fingerprint density at radius 1 is 0.714 bits per heavy atom. The molecule has 0 unspecified atom stereocenters. The van der Waals surface area contributed by atoms with Crippen molar-refractivity contribution in [2.24, 2.45) is 0 Å². The first-order valence-electron chi connectivity index (χ1n) is 7.23. The van der Waals surface area contributed by atoms with Crippen LogP contribution in [0.4, 0.5) is 5.82 Å². The molecule has 1 heterocycles. The molecule has 0 atom stereocenters. The van der Waals surface area contributed by atoms with E-state index in [-0.39, 0.29) is 0 Å². The van der Waals surface area contributed by atoms with Gasteiger partial charge in [-0.2, -0.15) is 0 Å². The highest BCUT2D eigenvalue weighted by Crippen LogP contribution is 2.24. The average molecular weight is 274 g/mol. The summed E-state index contributed by atoms with van der Waals surface area (Å²) in [6, 6.07) is 25.0. The van der Waals surface area contributed by atoms with Crippen LogP contribution in [0.15, 0.2) is 72.8 Å². The molecule has 0 aliphatic carbocycles. The van der Waals surface area contributed by atoms with Crippen molar-refractivity contribution >= 4 is 5.82 Å². The highest BCUT2D eigenvalue weighted by atomic mass is 15.0. The summed E-state index contributed by atoms with van der Waals surface area (Å²) in [7, 11) is 0. The van der Waals surface area contributed by atoms with E-state index in [1.165, 1.54) is 11.1 Å². The van der Waals surface area contributed by atoms with E-state index in [2.05, 4.69) is 65.8 Å². The van der Waals surface area contributed by atoms with E-state index in [0.29, 0.717) is 0 Å². The monoisotopic (exact) mass is 274 g/mol. The Hall–Kier alpha value is -2.61. The molecule has 1 N–H and O–H groups in total. The van der Waals surface area contributed by atoms with E-state index in [1.54, 1.807) is 0 Å². The quantitative estimate of drug-likeness (QED) is 0.735. The van der Waals surface area contributed by atoms with E-state index >= 15 is 0 Å². The maximum atomic E-state index is 4.62. The Kier molecular flexibility index (Phi) is 3.97. The number of aromatic nitrogens is 1. The first kappa shape index (κ1) is 13.4. The minimum atomic E-state index is 0.878. The van der Waals surface area contributed by atoms with E-state index in [0.717, 1.165) is 23.6 Å². The molecule has 3 aromatic rings. The van der Waals surface area contributed by atoms with Gasteiger partial charge < -0.3 is 5.32 Å². The molecule has 104 valence electrons. The van der Waals surface area contributed by atoms with Gasteiger partial charge in [-0.1, -0.05) is 60.7 Å². The maximum absolute atomic E-state index is 4.62. The van der Waals surface area contributed by atoms with E-state index < -0.39 is 0 Å². The number of nitrogens with one attached hydrogen (secondary N) is 1. The van der Waals surface area contributed by atoms with Crippen molar-refractivity contribution in [3.05, 3.63) is 72.8 Å². The summed E-state index contributed by atoms with van der Waals surface area (Å²) >= 11 is 0. The van der Waals surface area contributed by atoms with Gasteiger partial charge in [-0.3, -0.25) is 0 Å². The summed E-state index contributed by atoms with van der Waals surface area (Å²) in [6.45, 7) is 2.95. The summed E-state index contributed by atoms with van der Waals surface area (Å²) in [4.78, 5) is 4.62. The highest BCUT2D eigenvalue weighted by molar-refractivity contribution is 5.69. The van der Waals surface area contributed by atoms with E-state index in [1.807, 2.05) is 24.3 Å². The fourth-order valence-electron chi connectivity index (χ4n) is 2.34. The highest BCUT2D eigenvalue weighted by Gasteiger charge is 2.02. The third-order valence-electron chi connectivity index (χ3n) is 3.39. The van der Waals surface area contributed by atoms with Crippen molar-refractivity contribution in [1.82, 2.24) is 4.98 Å². The zero-order chi connectivity index (χ0) is 14.5. The summed E-state index contributed by atoms with van der Waals surface area (Å²) < 4.78 is 0. The lowest BCUT2D eigenvalue weighted by molar-refractivity contribution is 1.16. The molecule has 2 nitrogen and oxygen atoms in total. The minimum absolute atomic E-state index is 0.878. The molecular formula is C19H18N2. The van der Waals surface area contributed by atoms with Crippen molar-refractivity contribution in [2.75, 3.05) is 11.9 Å². The third-order valence-corrected chi connectivity index (χ3v) is 3.39. The molecule has 21 heavy (non-hydrogen) atoms. The van der Waals surface area contributed by atoms with Crippen LogP contribution in [0, 0.1) is 0 Å². The van der Waals surface area contributed by atoms with Crippen LogP contribution in [0.1, 0.15) is 6.92 Å². The van der Waals surface area contributed by atoms with Crippen LogP contribution in [-0.4, -0.2) is 11.5 Å². The zero-order valence-corrected chi connectivity index (χ0v) is 12.1. The second kappa shape index (κ2) is 6.23. The van der Waals surface area contributed by atoms with Crippen LogP contribution in [0.25, 0.3) is 22.4 Å². The number of pyridine rings is 1. The van der Waals surface area contributed by atoms with Gasteiger partial charge in [0.15, 0.2) is 0 Å². The molecular weight excluding hydrogens is 256 g/mol. The molecule has 2 heteroatoms. The second-order valence-corrected chi connectivity index (χ2v) is 4.88. The van der Waals surface area contributed by atoms with Gasteiger partial charge in [-0.05, 0) is 30.2 Å². The average Bonchev–Trinajstić information content (AvgIpc) is 2.56. The largest absolute Gasteiger partial charge is 0.370 e. The lowest BCUT2D eigenvalue weighted by Crippen LogP contribution is -1.99. The third kappa shape index (κ3) is 3.11. The van der Waals surface area contributed by atoms with Crippen LogP contribution in [-0.2, 0) is 0 Å². The number of anilines is 1. The standard InChI is InChI=1S/C19H18N2/c1-2-20-19-10-6-9-18(21-19)17-13-11-16(12-14-17)15-7-4-3-5-8-15/h3-14H,2H2,1H3,(H,20,21). The number of nitrogens with zero attached hydrogens (tertiary/aromatic N) is 1. The van der Waals surface area contributed by atoms with Crippen LogP contribution < -0.4 is 5.32 Å². The molecule has 0 fully saturated rings. The molecule has 3 rings (SSSR count). The number of rotatable bonds is 4. The zero-order valence-electron chi connectivity index (χ0n) is 12.1. The molecule has 0 aliphatic heterocycles. The summed E-state index contributed by atoms with van der Waals surface area (Å²) in [5.74, 6) is 0.919. The molecule has 0 spiro atoms. The Labute approximate surface area is 125 Å². The summed E-state index contributed by atoms with van der Waals surface area (Å²) in [6.07, 6.45) is 0. The molecule has 2 aromatic carbocycles. The Balaban J connectivity index is 1.89. The molecule has 0 radical (unpaired) electrons. The Bertz CT molecular complexity index is 703. The fourth-order valence-corrected chi connectivity index (χ4v) is 2.34. The normalized spacial score (nSPS) is 10.3. The van der Waals surface area contributed by atoms with Gasteiger partial charge in [0.25, 0.3) is 0 Å².